The highest BCUT2D eigenvalue weighted by Gasteiger charge is 2.13. The molecule has 2 aromatic heterocycles. The predicted octanol–water partition coefficient (Wildman–Crippen LogP) is 3.93. The molecular weight excluding hydrogens is 378 g/mol. The van der Waals surface area contributed by atoms with Crippen LogP contribution in [-0.4, -0.2) is 26.6 Å². The van der Waals surface area contributed by atoms with Crippen LogP contribution in [0.5, 0.6) is 0 Å². The zero-order chi connectivity index (χ0) is 19.3. The number of H-pyrrole nitrogens is 1. The molecule has 4 N–H and O–H groups in total. The smallest absolute Gasteiger partial charge is 0.211 e. The van der Waals surface area contributed by atoms with Crippen LogP contribution in [0.25, 0.3) is 11.0 Å². The average molecular weight is 394 g/mol. The molecule has 2 aromatic carbocycles. The molecule has 9 heteroatoms. The van der Waals surface area contributed by atoms with E-state index in [2.05, 4.69) is 36.1 Å². The lowest BCUT2D eigenvalue weighted by Gasteiger charge is -2.09. The Bertz CT molecular complexity index is 1110. The van der Waals surface area contributed by atoms with E-state index in [9.17, 15) is 4.79 Å². The molecular formula is C19H16ClN7O. The Balaban J connectivity index is 1.56. The van der Waals surface area contributed by atoms with Gasteiger partial charge in [-0.2, -0.15) is 5.10 Å². The fourth-order valence-electron chi connectivity index (χ4n) is 2.76. The van der Waals surface area contributed by atoms with Crippen molar-refractivity contribution in [3.05, 3.63) is 65.4 Å². The van der Waals surface area contributed by atoms with Gasteiger partial charge in [-0.25, -0.2) is 9.97 Å². The molecule has 0 radical (unpaired) electrons. The maximum Gasteiger partial charge on any atom is 0.211 e. The van der Waals surface area contributed by atoms with Crippen molar-refractivity contribution in [1.29, 1.82) is 0 Å². The zero-order valence-corrected chi connectivity index (χ0v) is 15.4. The molecule has 0 spiro atoms. The Morgan fingerprint density at radius 1 is 1.04 bits per heavy atom. The minimum Gasteiger partial charge on any atom is -0.364 e. The molecule has 0 saturated carbocycles. The Kier molecular flexibility index (Phi) is 5.03. The van der Waals surface area contributed by atoms with Crippen LogP contribution < -0.4 is 16.0 Å². The van der Waals surface area contributed by atoms with E-state index in [1.54, 1.807) is 0 Å². The maximum absolute atomic E-state index is 10.5. The van der Waals surface area contributed by atoms with Crippen molar-refractivity contribution < 1.29 is 4.79 Å². The normalized spacial score (nSPS) is 10.6. The van der Waals surface area contributed by atoms with E-state index in [4.69, 9.17) is 11.6 Å². The van der Waals surface area contributed by atoms with Gasteiger partial charge in [0, 0.05) is 22.9 Å². The van der Waals surface area contributed by atoms with Gasteiger partial charge in [0.1, 0.15) is 17.5 Å². The molecule has 2 heterocycles. The molecule has 4 rings (SSSR count). The topological polar surface area (TPSA) is 108 Å². The summed E-state index contributed by atoms with van der Waals surface area (Å²) in [5, 5.41) is 17.8. The van der Waals surface area contributed by atoms with Crippen LogP contribution in [0.2, 0.25) is 5.02 Å². The molecule has 0 bridgehead atoms. The first-order valence-corrected chi connectivity index (χ1v) is 8.85. The lowest BCUT2D eigenvalue weighted by atomic mass is 10.2. The number of nitrogens with one attached hydrogen (secondary N) is 4. The number of hydrogen-bond acceptors (Lipinski definition) is 6. The van der Waals surface area contributed by atoms with Crippen LogP contribution in [0.15, 0.2) is 54.9 Å². The number of amides is 1. The third kappa shape index (κ3) is 3.86. The van der Waals surface area contributed by atoms with Crippen molar-refractivity contribution >= 4 is 52.1 Å². The van der Waals surface area contributed by atoms with Crippen molar-refractivity contribution in [2.24, 2.45) is 0 Å². The van der Waals surface area contributed by atoms with Crippen LogP contribution in [-0.2, 0) is 11.3 Å². The number of carbonyl (C=O) groups excluding carboxylic acids is 1. The van der Waals surface area contributed by atoms with E-state index in [-0.39, 0.29) is 0 Å². The Morgan fingerprint density at radius 3 is 2.68 bits per heavy atom. The van der Waals surface area contributed by atoms with Gasteiger partial charge in [0.05, 0.1) is 0 Å². The summed E-state index contributed by atoms with van der Waals surface area (Å²) in [5.41, 5.74) is 3.21. The van der Waals surface area contributed by atoms with E-state index in [0.717, 1.165) is 22.3 Å². The summed E-state index contributed by atoms with van der Waals surface area (Å²) in [4.78, 5) is 19.1. The van der Waals surface area contributed by atoms with Gasteiger partial charge in [0.25, 0.3) is 0 Å². The zero-order valence-electron chi connectivity index (χ0n) is 14.6. The monoisotopic (exact) mass is 393 g/mol. The van der Waals surface area contributed by atoms with Crippen molar-refractivity contribution in [3.63, 3.8) is 0 Å². The standard InChI is InChI=1S/C19H16ClN7O/c20-13-2-1-3-15(8-13)25-17-16-18(26-27-19(16)23-10-22-17)21-9-12-4-6-14(7-5-12)24-11-28/h1-8,10-11H,9H2,(H,24,28)(H3,21,22,23,25,26,27). The first-order chi connectivity index (χ1) is 13.7. The number of nitrogens with zero attached hydrogens (tertiary/aromatic N) is 3. The molecule has 0 atom stereocenters. The molecule has 0 aliphatic heterocycles. The number of carbonyl (C=O) groups is 1. The number of benzene rings is 2. The summed E-state index contributed by atoms with van der Waals surface area (Å²) >= 11 is 6.06. The molecule has 0 aliphatic rings. The first kappa shape index (κ1) is 17.7. The van der Waals surface area contributed by atoms with Gasteiger partial charge >= 0.3 is 0 Å². The first-order valence-electron chi connectivity index (χ1n) is 8.47. The molecule has 28 heavy (non-hydrogen) atoms. The highest BCUT2D eigenvalue weighted by Crippen LogP contribution is 2.29. The summed E-state index contributed by atoms with van der Waals surface area (Å²) in [7, 11) is 0. The van der Waals surface area contributed by atoms with Crippen LogP contribution in [0.1, 0.15) is 5.56 Å². The highest BCUT2D eigenvalue weighted by atomic mass is 35.5. The van der Waals surface area contributed by atoms with E-state index >= 15 is 0 Å². The number of aromatic nitrogens is 4. The third-order valence-corrected chi connectivity index (χ3v) is 4.32. The van der Waals surface area contributed by atoms with Crippen LogP contribution >= 0.6 is 11.6 Å². The van der Waals surface area contributed by atoms with Gasteiger partial charge in [0.15, 0.2) is 11.5 Å². The van der Waals surface area contributed by atoms with Crippen LogP contribution in [0.4, 0.5) is 23.0 Å². The molecule has 0 fully saturated rings. The van der Waals surface area contributed by atoms with Crippen molar-refractivity contribution in [1.82, 2.24) is 20.2 Å². The number of aromatic amines is 1. The minimum absolute atomic E-state index is 0.548. The number of hydrogen-bond donors (Lipinski definition) is 4. The third-order valence-electron chi connectivity index (χ3n) is 4.08. The predicted molar refractivity (Wildman–Crippen MR) is 110 cm³/mol. The lowest BCUT2D eigenvalue weighted by molar-refractivity contribution is -0.105. The summed E-state index contributed by atoms with van der Waals surface area (Å²) < 4.78 is 0. The van der Waals surface area contributed by atoms with Crippen LogP contribution in [0.3, 0.4) is 0 Å². The Labute approximate surface area is 165 Å². The number of fused-ring (bicyclic) bond motifs is 1. The van der Waals surface area contributed by atoms with Gasteiger partial charge in [-0.3, -0.25) is 9.89 Å². The molecule has 4 aromatic rings. The van der Waals surface area contributed by atoms with Crippen LogP contribution in [0, 0.1) is 0 Å². The van der Waals surface area contributed by atoms with Crippen molar-refractivity contribution in [2.75, 3.05) is 16.0 Å². The van der Waals surface area contributed by atoms with Gasteiger partial charge in [-0.15, -0.1) is 0 Å². The fourth-order valence-corrected chi connectivity index (χ4v) is 2.95. The van der Waals surface area contributed by atoms with Gasteiger partial charge < -0.3 is 16.0 Å². The van der Waals surface area contributed by atoms with E-state index in [0.29, 0.717) is 35.3 Å². The van der Waals surface area contributed by atoms with Gasteiger partial charge in [0.2, 0.25) is 6.41 Å². The molecule has 140 valence electrons. The largest absolute Gasteiger partial charge is 0.364 e. The van der Waals surface area contributed by atoms with E-state index in [1.807, 2.05) is 48.5 Å². The summed E-state index contributed by atoms with van der Waals surface area (Å²) in [6.45, 7) is 0.548. The average Bonchev–Trinajstić information content (AvgIpc) is 3.12. The minimum atomic E-state index is 0.548. The Hall–Kier alpha value is -3.65. The van der Waals surface area contributed by atoms with Gasteiger partial charge in [-0.1, -0.05) is 29.8 Å². The summed E-state index contributed by atoms with van der Waals surface area (Å²) in [5.74, 6) is 1.25. The SMILES string of the molecule is O=CNc1ccc(CNc2n[nH]c3ncnc(Nc4cccc(Cl)c4)c23)cc1. The van der Waals surface area contributed by atoms with Crippen molar-refractivity contribution in [2.45, 2.75) is 6.54 Å². The van der Waals surface area contributed by atoms with E-state index in [1.165, 1.54) is 6.33 Å². The fraction of sp³-hybridized carbons (Fsp3) is 0.0526. The maximum atomic E-state index is 10.5. The second-order valence-electron chi connectivity index (χ2n) is 5.97. The summed E-state index contributed by atoms with van der Waals surface area (Å²) in [6, 6.07) is 14.9. The quantitative estimate of drug-likeness (QED) is 0.354. The van der Waals surface area contributed by atoms with Crippen molar-refractivity contribution in [3.8, 4) is 0 Å². The number of halogens is 1. The highest BCUT2D eigenvalue weighted by molar-refractivity contribution is 6.30. The molecule has 0 saturated heterocycles. The number of anilines is 4. The second-order valence-corrected chi connectivity index (χ2v) is 6.40. The lowest BCUT2D eigenvalue weighted by Crippen LogP contribution is -2.02. The molecule has 0 aliphatic carbocycles. The molecule has 0 unspecified atom stereocenters. The second kappa shape index (κ2) is 7.93. The van der Waals surface area contributed by atoms with E-state index < -0.39 is 0 Å². The Morgan fingerprint density at radius 2 is 1.89 bits per heavy atom. The summed E-state index contributed by atoms with van der Waals surface area (Å²) in [6.07, 6.45) is 2.12. The molecule has 1 amide bonds. The molecule has 8 nitrogen and oxygen atoms in total. The van der Waals surface area contributed by atoms with Gasteiger partial charge in [-0.05, 0) is 35.9 Å². The number of rotatable bonds is 7.